The minimum atomic E-state index is -2.84. The lowest BCUT2D eigenvalue weighted by Crippen LogP contribution is -2.45. The first-order chi connectivity index (χ1) is 12.9. The summed E-state index contributed by atoms with van der Waals surface area (Å²) < 4.78 is 27.7. The van der Waals surface area contributed by atoms with Crippen molar-refractivity contribution in [3.05, 3.63) is 47.3 Å². The number of aryl methyl sites for hydroxylation is 2. The van der Waals surface area contributed by atoms with E-state index in [9.17, 15) is 13.6 Å². The van der Waals surface area contributed by atoms with Crippen LogP contribution in [0.4, 0.5) is 8.78 Å². The first-order valence-electron chi connectivity index (χ1n) is 8.93. The van der Waals surface area contributed by atoms with Crippen LogP contribution in [0.5, 0.6) is 0 Å². The maximum Gasteiger partial charge on any atom is 0.265 e. The summed E-state index contributed by atoms with van der Waals surface area (Å²) in [5, 5.41) is 7.37. The molecule has 1 N–H and O–H groups in total. The minimum Gasteiger partial charge on any atom is -0.333 e. The molecule has 1 amide bonds. The van der Waals surface area contributed by atoms with Gasteiger partial charge in [0.1, 0.15) is 0 Å². The number of aromatic nitrogens is 3. The van der Waals surface area contributed by atoms with Gasteiger partial charge in [0.05, 0.1) is 29.5 Å². The zero-order chi connectivity index (χ0) is 19.2. The van der Waals surface area contributed by atoms with Crippen LogP contribution in [-0.4, -0.2) is 45.0 Å². The lowest BCUT2D eigenvalue weighted by atomic mass is 9.98. The third kappa shape index (κ3) is 3.18. The number of rotatable bonds is 2. The molecule has 0 unspecified atom stereocenters. The molecule has 1 aromatic carbocycles. The van der Waals surface area contributed by atoms with E-state index in [4.69, 9.17) is 4.98 Å². The Labute approximate surface area is 155 Å². The van der Waals surface area contributed by atoms with Gasteiger partial charge in [-0.2, -0.15) is 5.10 Å². The molecule has 0 saturated carbocycles. The van der Waals surface area contributed by atoms with Crippen LogP contribution in [0.15, 0.2) is 30.6 Å². The van der Waals surface area contributed by atoms with Crippen molar-refractivity contribution in [1.82, 2.24) is 20.1 Å². The Bertz CT molecular complexity index is 1010. The van der Waals surface area contributed by atoms with E-state index in [-0.39, 0.29) is 12.3 Å². The third-order valence-electron chi connectivity index (χ3n) is 5.21. The summed E-state index contributed by atoms with van der Waals surface area (Å²) in [5.41, 5.74) is 4.48. The molecule has 0 bridgehead atoms. The van der Waals surface area contributed by atoms with Crippen molar-refractivity contribution in [2.24, 2.45) is 0 Å². The van der Waals surface area contributed by atoms with Crippen molar-refractivity contribution in [1.29, 1.82) is 0 Å². The molecular weight excluding hydrogens is 350 g/mol. The van der Waals surface area contributed by atoms with Crippen LogP contribution in [0.2, 0.25) is 0 Å². The molecule has 1 saturated heterocycles. The molecule has 0 aliphatic carbocycles. The van der Waals surface area contributed by atoms with Crippen molar-refractivity contribution in [2.75, 3.05) is 13.1 Å². The number of nitrogens with zero attached hydrogens (tertiary/aromatic N) is 3. The molecule has 27 heavy (non-hydrogen) atoms. The minimum absolute atomic E-state index is 0.174. The highest BCUT2D eigenvalue weighted by atomic mass is 19.3. The van der Waals surface area contributed by atoms with Gasteiger partial charge in [-0.25, -0.2) is 13.8 Å². The van der Waals surface area contributed by atoms with Crippen LogP contribution in [0.1, 0.15) is 34.3 Å². The Morgan fingerprint density at radius 2 is 2.11 bits per heavy atom. The molecule has 4 rings (SSSR count). The molecular formula is C20H20F2N4O. The van der Waals surface area contributed by atoms with Gasteiger partial charge < -0.3 is 4.90 Å². The summed E-state index contributed by atoms with van der Waals surface area (Å²) in [7, 11) is 0. The molecule has 1 aliphatic rings. The monoisotopic (exact) mass is 370 g/mol. The highest BCUT2D eigenvalue weighted by Gasteiger charge is 2.37. The normalized spacial score (nSPS) is 16.7. The highest BCUT2D eigenvalue weighted by molar-refractivity contribution is 6.08. The summed E-state index contributed by atoms with van der Waals surface area (Å²) in [6, 6.07) is 5.45. The first kappa shape index (κ1) is 17.6. The number of carbonyl (C=O) groups excluding carboxylic acids is 1. The van der Waals surface area contributed by atoms with E-state index in [0.29, 0.717) is 35.1 Å². The predicted octanol–water partition coefficient (Wildman–Crippen LogP) is 4.11. The number of carbonyl (C=O) groups is 1. The van der Waals surface area contributed by atoms with Gasteiger partial charge in [-0.1, -0.05) is 12.1 Å². The Hall–Kier alpha value is -2.83. The van der Waals surface area contributed by atoms with E-state index >= 15 is 0 Å². The Kier molecular flexibility index (Phi) is 4.17. The topological polar surface area (TPSA) is 61.9 Å². The molecule has 3 aromatic rings. The second-order valence-corrected chi connectivity index (χ2v) is 7.13. The maximum absolute atomic E-state index is 13.8. The van der Waals surface area contributed by atoms with Crippen molar-refractivity contribution >= 4 is 16.8 Å². The molecule has 2 aromatic heterocycles. The van der Waals surface area contributed by atoms with Crippen molar-refractivity contribution < 1.29 is 13.6 Å². The number of nitrogens with one attached hydrogen (secondary N) is 1. The third-order valence-corrected chi connectivity index (χ3v) is 5.21. The van der Waals surface area contributed by atoms with Gasteiger partial charge >= 0.3 is 0 Å². The Balaban J connectivity index is 1.88. The van der Waals surface area contributed by atoms with Crippen LogP contribution in [0.25, 0.3) is 22.2 Å². The predicted molar refractivity (Wildman–Crippen MR) is 98.9 cm³/mol. The summed E-state index contributed by atoms with van der Waals surface area (Å²) in [6.07, 6.45) is 3.45. The number of benzene rings is 1. The molecule has 1 aliphatic heterocycles. The second-order valence-electron chi connectivity index (χ2n) is 7.13. The molecule has 0 atom stereocenters. The Morgan fingerprint density at radius 1 is 1.30 bits per heavy atom. The molecule has 140 valence electrons. The standard InChI is InChI=1S/C20H20F2N4O/c1-12-4-5-15-16(19(27)26-7-3-6-20(21,22)11-26)8-17(14-9-23-24-10-14)25-18(15)13(12)2/h4-5,8-10H,3,6-7,11H2,1-2H3,(H,23,24). The van der Waals surface area contributed by atoms with E-state index in [2.05, 4.69) is 10.2 Å². The van der Waals surface area contributed by atoms with Gasteiger partial charge in [0, 0.05) is 30.1 Å². The van der Waals surface area contributed by atoms with Gasteiger partial charge in [0.2, 0.25) is 0 Å². The summed E-state index contributed by atoms with van der Waals surface area (Å²) in [5.74, 6) is -3.22. The lowest BCUT2D eigenvalue weighted by Gasteiger charge is -2.32. The summed E-state index contributed by atoms with van der Waals surface area (Å²) in [6.45, 7) is 3.73. The van der Waals surface area contributed by atoms with Crippen molar-refractivity contribution in [2.45, 2.75) is 32.6 Å². The van der Waals surface area contributed by atoms with Crippen LogP contribution >= 0.6 is 0 Å². The fourth-order valence-corrected chi connectivity index (χ4v) is 3.56. The number of fused-ring (bicyclic) bond motifs is 1. The van der Waals surface area contributed by atoms with Gasteiger partial charge in [-0.15, -0.1) is 0 Å². The van der Waals surface area contributed by atoms with Crippen LogP contribution in [-0.2, 0) is 0 Å². The average molecular weight is 370 g/mol. The van der Waals surface area contributed by atoms with E-state index in [1.807, 2.05) is 26.0 Å². The number of H-pyrrole nitrogens is 1. The molecule has 5 nitrogen and oxygen atoms in total. The fraction of sp³-hybridized carbons (Fsp3) is 0.350. The number of halogens is 2. The summed E-state index contributed by atoms with van der Waals surface area (Å²) >= 11 is 0. The van der Waals surface area contributed by atoms with Gasteiger partial charge in [0.15, 0.2) is 0 Å². The molecule has 0 radical (unpaired) electrons. The largest absolute Gasteiger partial charge is 0.333 e. The number of alkyl halides is 2. The second kappa shape index (κ2) is 6.40. The number of aromatic amines is 1. The quantitative estimate of drug-likeness (QED) is 0.738. The number of likely N-dealkylation sites (tertiary alicyclic amines) is 1. The van der Waals surface area contributed by atoms with Crippen LogP contribution < -0.4 is 0 Å². The maximum atomic E-state index is 13.8. The number of pyridine rings is 1. The van der Waals surface area contributed by atoms with E-state index in [1.54, 1.807) is 18.5 Å². The van der Waals surface area contributed by atoms with Crippen molar-refractivity contribution in [3.63, 3.8) is 0 Å². The van der Waals surface area contributed by atoms with E-state index in [0.717, 1.165) is 16.7 Å². The summed E-state index contributed by atoms with van der Waals surface area (Å²) in [4.78, 5) is 19.1. The van der Waals surface area contributed by atoms with Crippen LogP contribution in [0.3, 0.4) is 0 Å². The zero-order valence-corrected chi connectivity index (χ0v) is 15.2. The van der Waals surface area contributed by atoms with Crippen molar-refractivity contribution in [3.8, 4) is 11.3 Å². The fourth-order valence-electron chi connectivity index (χ4n) is 3.56. The number of amides is 1. The first-order valence-corrected chi connectivity index (χ1v) is 8.93. The van der Waals surface area contributed by atoms with Gasteiger partial charge in [0.25, 0.3) is 11.8 Å². The SMILES string of the molecule is Cc1ccc2c(C(=O)N3CCCC(F)(F)C3)cc(-c3cn[nH]c3)nc2c1C. The zero-order valence-electron chi connectivity index (χ0n) is 15.2. The van der Waals surface area contributed by atoms with Crippen LogP contribution in [0, 0.1) is 13.8 Å². The van der Waals surface area contributed by atoms with Gasteiger partial charge in [-0.05, 0) is 37.5 Å². The Morgan fingerprint density at radius 3 is 2.81 bits per heavy atom. The molecule has 1 fully saturated rings. The molecule has 7 heteroatoms. The van der Waals surface area contributed by atoms with Gasteiger partial charge in [-0.3, -0.25) is 9.89 Å². The lowest BCUT2D eigenvalue weighted by molar-refractivity contribution is -0.0560. The van der Waals surface area contributed by atoms with E-state index < -0.39 is 12.5 Å². The number of hydrogen-bond donors (Lipinski definition) is 1. The molecule has 0 spiro atoms. The van der Waals surface area contributed by atoms with E-state index in [1.165, 1.54) is 4.90 Å². The number of piperidine rings is 1. The molecule has 3 heterocycles. The average Bonchev–Trinajstić information content (AvgIpc) is 3.17. The highest BCUT2D eigenvalue weighted by Crippen LogP contribution is 2.31. The number of hydrogen-bond acceptors (Lipinski definition) is 3. The smallest absolute Gasteiger partial charge is 0.265 e.